The zero-order valence-corrected chi connectivity index (χ0v) is 12.8. The van der Waals surface area contributed by atoms with Crippen molar-refractivity contribution in [1.29, 1.82) is 0 Å². The normalized spacial score (nSPS) is 19.4. The third kappa shape index (κ3) is 3.50. The molecule has 0 radical (unpaired) electrons. The largest absolute Gasteiger partial charge is 0.293 e. The first-order valence-electron chi connectivity index (χ1n) is 6.72. The van der Waals surface area contributed by atoms with Gasteiger partial charge in [0.25, 0.3) is 0 Å². The molecule has 104 valence electrons. The van der Waals surface area contributed by atoms with Crippen molar-refractivity contribution in [3.05, 3.63) is 33.8 Å². The van der Waals surface area contributed by atoms with Gasteiger partial charge in [0.05, 0.1) is 11.1 Å². The zero-order valence-electron chi connectivity index (χ0n) is 11.3. The summed E-state index contributed by atoms with van der Waals surface area (Å²) in [7, 11) is 0. The molecule has 1 fully saturated rings. The van der Waals surface area contributed by atoms with Gasteiger partial charge in [0.1, 0.15) is 0 Å². The smallest absolute Gasteiger partial charge is 0.181 e. The molecule has 2 rings (SSSR count). The molecule has 0 aromatic heterocycles. The van der Waals surface area contributed by atoms with Crippen LogP contribution < -0.4 is 0 Å². The van der Waals surface area contributed by atoms with E-state index < -0.39 is 0 Å². The van der Waals surface area contributed by atoms with Crippen LogP contribution in [0.25, 0.3) is 0 Å². The molecule has 0 aliphatic carbocycles. The van der Waals surface area contributed by atoms with Gasteiger partial charge in [-0.05, 0) is 57.0 Å². The highest BCUT2D eigenvalue weighted by molar-refractivity contribution is 6.37. The van der Waals surface area contributed by atoms with Crippen molar-refractivity contribution in [1.82, 2.24) is 4.90 Å². The second kappa shape index (κ2) is 6.25. The van der Waals surface area contributed by atoms with Gasteiger partial charge >= 0.3 is 0 Å². The number of piperidine rings is 1. The molecular formula is C15H19Cl2NO. The first kappa shape index (κ1) is 14.8. The first-order valence-corrected chi connectivity index (χ1v) is 7.48. The lowest BCUT2D eigenvalue weighted by atomic mass is 9.96. The number of benzene rings is 1. The van der Waals surface area contributed by atoms with Crippen LogP contribution in [-0.4, -0.2) is 29.8 Å². The Hall–Kier alpha value is -0.570. The van der Waals surface area contributed by atoms with Crippen LogP contribution in [0.4, 0.5) is 0 Å². The van der Waals surface area contributed by atoms with E-state index in [0.29, 0.717) is 15.6 Å². The fourth-order valence-corrected chi connectivity index (χ4v) is 3.00. The molecule has 0 amide bonds. The van der Waals surface area contributed by atoms with Crippen LogP contribution in [0.1, 0.15) is 37.0 Å². The molecule has 0 spiro atoms. The Kier molecular flexibility index (Phi) is 4.88. The van der Waals surface area contributed by atoms with E-state index in [2.05, 4.69) is 11.8 Å². The molecular weight excluding hydrogens is 281 g/mol. The summed E-state index contributed by atoms with van der Waals surface area (Å²) in [5.41, 5.74) is 0.567. The van der Waals surface area contributed by atoms with Crippen LogP contribution in [0.3, 0.4) is 0 Å². The molecule has 4 heteroatoms. The number of Topliss-reactive ketones (excluding diaryl/α,β-unsaturated/α-hetero) is 1. The second-order valence-corrected chi connectivity index (χ2v) is 6.23. The van der Waals surface area contributed by atoms with Gasteiger partial charge in [-0.2, -0.15) is 0 Å². The lowest BCUT2D eigenvalue weighted by Gasteiger charge is -2.34. The average Bonchev–Trinajstić information content (AvgIpc) is 2.38. The monoisotopic (exact) mass is 299 g/mol. The van der Waals surface area contributed by atoms with Gasteiger partial charge in [-0.15, -0.1) is 0 Å². The first-order chi connectivity index (χ1) is 8.99. The molecule has 1 unspecified atom stereocenters. The SMILES string of the molecule is CC1CCN(C(C)C(=O)c2ccc(Cl)cc2Cl)CC1. The minimum absolute atomic E-state index is 0.0798. The molecule has 1 aromatic carbocycles. The molecule has 1 aromatic rings. The van der Waals surface area contributed by atoms with Crippen LogP contribution >= 0.6 is 23.2 Å². The lowest BCUT2D eigenvalue weighted by Crippen LogP contribution is -2.43. The fourth-order valence-electron chi connectivity index (χ4n) is 2.50. The summed E-state index contributed by atoms with van der Waals surface area (Å²) >= 11 is 12.0. The Morgan fingerprint density at radius 1 is 1.32 bits per heavy atom. The van der Waals surface area contributed by atoms with Crippen LogP contribution in [-0.2, 0) is 0 Å². The summed E-state index contributed by atoms with van der Waals surface area (Å²) in [6.07, 6.45) is 2.32. The molecule has 0 N–H and O–H groups in total. The predicted octanol–water partition coefficient (Wildman–Crippen LogP) is 4.30. The van der Waals surface area contributed by atoms with Crippen molar-refractivity contribution >= 4 is 29.0 Å². The number of rotatable bonds is 3. The van der Waals surface area contributed by atoms with E-state index in [9.17, 15) is 4.79 Å². The van der Waals surface area contributed by atoms with E-state index >= 15 is 0 Å². The van der Waals surface area contributed by atoms with E-state index in [4.69, 9.17) is 23.2 Å². The van der Waals surface area contributed by atoms with Crippen LogP contribution in [0.2, 0.25) is 10.0 Å². The molecule has 1 aliphatic heterocycles. The number of ketones is 1. The number of nitrogens with zero attached hydrogens (tertiary/aromatic N) is 1. The molecule has 0 bridgehead atoms. The molecule has 1 atom stereocenters. The van der Waals surface area contributed by atoms with E-state index in [1.54, 1.807) is 18.2 Å². The minimum Gasteiger partial charge on any atom is -0.293 e. The van der Waals surface area contributed by atoms with Gasteiger partial charge in [0.2, 0.25) is 0 Å². The maximum atomic E-state index is 12.5. The molecule has 1 aliphatic rings. The summed E-state index contributed by atoms with van der Waals surface area (Å²) in [4.78, 5) is 14.7. The van der Waals surface area contributed by atoms with Crippen molar-refractivity contribution in [2.45, 2.75) is 32.7 Å². The molecule has 1 saturated heterocycles. The predicted molar refractivity (Wildman–Crippen MR) is 80.2 cm³/mol. The highest BCUT2D eigenvalue weighted by atomic mass is 35.5. The van der Waals surface area contributed by atoms with E-state index in [0.717, 1.165) is 31.8 Å². The summed E-state index contributed by atoms with van der Waals surface area (Å²) in [5, 5.41) is 0.996. The Balaban J connectivity index is 2.10. The van der Waals surface area contributed by atoms with Gasteiger partial charge in [-0.25, -0.2) is 0 Å². The van der Waals surface area contributed by atoms with E-state index in [1.807, 2.05) is 6.92 Å². The zero-order chi connectivity index (χ0) is 14.0. The van der Waals surface area contributed by atoms with E-state index in [1.165, 1.54) is 0 Å². The Labute approximate surface area is 124 Å². The third-order valence-corrected chi connectivity index (χ3v) is 4.49. The summed E-state index contributed by atoms with van der Waals surface area (Å²) in [5.74, 6) is 0.842. The van der Waals surface area contributed by atoms with Crippen molar-refractivity contribution < 1.29 is 4.79 Å². The molecule has 1 heterocycles. The van der Waals surface area contributed by atoms with Crippen molar-refractivity contribution in [2.75, 3.05) is 13.1 Å². The van der Waals surface area contributed by atoms with Crippen LogP contribution in [0.5, 0.6) is 0 Å². The van der Waals surface area contributed by atoms with Gasteiger partial charge in [-0.1, -0.05) is 30.1 Å². The molecule has 2 nitrogen and oxygen atoms in total. The molecule has 19 heavy (non-hydrogen) atoms. The highest BCUT2D eigenvalue weighted by Gasteiger charge is 2.26. The lowest BCUT2D eigenvalue weighted by molar-refractivity contribution is 0.0779. The fraction of sp³-hybridized carbons (Fsp3) is 0.533. The summed E-state index contributed by atoms with van der Waals surface area (Å²) in [6.45, 7) is 6.20. The van der Waals surface area contributed by atoms with Gasteiger partial charge in [-0.3, -0.25) is 9.69 Å². The van der Waals surface area contributed by atoms with Crippen molar-refractivity contribution in [2.24, 2.45) is 5.92 Å². The van der Waals surface area contributed by atoms with Gasteiger partial charge in [0, 0.05) is 10.6 Å². The second-order valence-electron chi connectivity index (χ2n) is 5.38. The summed E-state index contributed by atoms with van der Waals surface area (Å²) in [6, 6.07) is 4.94. The minimum atomic E-state index is -0.119. The number of carbonyl (C=O) groups is 1. The number of likely N-dealkylation sites (tertiary alicyclic amines) is 1. The van der Waals surface area contributed by atoms with Crippen LogP contribution in [0.15, 0.2) is 18.2 Å². The van der Waals surface area contributed by atoms with Crippen LogP contribution in [0, 0.1) is 5.92 Å². The maximum absolute atomic E-state index is 12.5. The number of hydrogen-bond acceptors (Lipinski definition) is 2. The third-order valence-electron chi connectivity index (χ3n) is 3.94. The summed E-state index contributed by atoms with van der Waals surface area (Å²) < 4.78 is 0. The Morgan fingerprint density at radius 2 is 1.95 bits per heavy atom. The van der Waals surface area contributed by atoms with Crippen molar-refractivity contribution in [3.8, 4) is 0 Å². The maximum Gasteiger partial charge on any atom is 0.181 e. The Bertz CT molecular complexity index is 467. The van der Waals surface area contributed by atoms with E-state index in [-0.39, 0.29) is 11.8 Å². The highest BCUT2D eigenvalue weighted by Crippen LogP contribution is 2.25. The topological polar surface area (TPSA) is 20.3 Å². The Morgan fingerprint density at radius 3 is 2.53 bits per heavy atom. The average molecular weight is 300 g/mol. The van der Waals surface area contributed by atoms with Gasteiger partial charge < -0.3 is 0 Å². The molecule has 0 saturated carbocycles. The number of hydrogen-bond donors (Lipinski definition) is 0. The number of halogens is 2. The quantitative estimate of drug-likeness (QED) is 0.776. The van der Waals surface area contributed by atoms with Gasteiger partial charge in [0.15, 0.2) is 5.78 Å². The standard InChI is InChI=1S/C15H19Cl2NO/c1-10-5-7-18(8-6-10)11(2)15(19)13-4-3-12(16)9-14(13)17/h3-4,9-11H,5-8H2,1-2H3. The van der Waals surface area contributed by atoms with Crippen molar-refractivity contribution in [3.63, 3.8) is 0 Å². The number of carbonyl (C=O) groups excluding carboxylic acids is 1.